The Bertz CT molecular complexity index is 979. The number of hydrogen-bond acceptors (Lipinski definition) is 4. The number of halogens is 1. The highest BCUT2D eigenvalue weighted by Gasteiger charge is 2.20. The van der Waals surface area contributed by atoms with E-state index >= 15 is 0 Å². The smallest absolute Gasteiger partial charge is 0.285 e. The van der Waals surface area contributed by atoms with E-state index in [-0.39, 0.29) is 17.0 Å². The Balaban J connectivity index is 1.92. The second kappa shape index (κ2) is 6.60. The van der Waals surface area contributed by atoms with E-state index in [9.17, 15) is 14.0 Å². The van der Waals surface area contributed by atoms with Gasteiger partial charge in [-0.15, -0.1) is 0 Å². The van der Waals surface area contributed by atoms with E-state index in [0.29, 0.717) is 11.5 Å². The molecule has 25 heavy (non-hydrogen) atoms. The third kappa shape index (κ3) is 3.14. The van der Waals surface area contributed by atoms with Crippen LogP contribution >= 0.6 is 0 Å². The van der Waals surface area contributed by atoms with Gasteiger partial charge in [-0.1, -0.05) is 6.07 Å². The van der Waals surface area contributed by atoms with Crippen LogP contribution in [0.15, 0.2) is 47.4 Å². The molecule has 8 heteroatoms. The number of hydrogen-bond donors (Lipinski definition) is 2. The number of carbonyl (C=O) groups excluding carboxylic acids is 1. The molecule has 1 aromatic carbocycles. The number of aryl methyl sites for hydroxylation is 1. The van der Waals surface area contributed by atoms with Crippen LogP contribution in [-0.4, -0.2) is 27.8 Å². The third-order valence-electron chi connectivity index (χ3n) is 3.59. The van der Waals surface area contributed by atoms with Crippen molar-refractivity contribution >= 4 is 11.6 Å². The zero-order chi connectivity index (χ0) is 18.0. The fourth-order valence-electron chi connectivity index (χ4n) is 2.40. The third-order valence-corrected chi connectivity index (χ3v) is 3.59. The Labute approximate surface area is 142 Å². The Morgan fingerprint density at radius 1 is 1.32 bits per heavy atom. The standard InChI is InChI=1S/C17H15FN4O3/c1-10-15(17(24)22(21-10)14-5-3-4-8-19-14)16(23)20-11-6-7-13(25-2)12(18)9-11/h3-9,21H,1-2H3,(H,20,23). The number of pyridine rings is 1. The number of anilines is 1. The van der Waals surface area contributed by atoms with Crippen molar-refractivity contribution in [2.24, 2.45) is 0 Å². The van der Waals surface area contributed by atoms with Crippen molar-refractivity contribution in [3.63, 3.8) is 0 Å². The van der Waals surface area contributed by atoms with E-state index < -0.39 is 17.3 Å². The van der Waals surface area contributed by atoms with Crippen LogP contribution in [0.3, 0.4) is 0 Å². The molecule has 0 bridgehead atoms. The van der Waals surface area contributed by atoms with Crippen molar-refractivity contribution in [2.75, 3.05) is 12.4 Å². The second-order valence-electron chi connectivity index (χ2n) is 5.24. The van der Waals surface area contributed by atoms with E-state index in [1.165, 1.54) is 30.1 Å². The van der Waals surface area contributed by atoms with Gasteiger partial charge in [-0.25, -0.2) is 14.1 Å². The number of rotatable bonds is 4. The summed E-state index contributed by atoms with van der Waals surface area (Å²) >= 11 is 0. The minimum Gasteiger partial charge on any atom is -0.494 e. The normalized spacial score (nSPS) is 10.5. The molecule has 0 aliphatic carbocycles. The number of ether oxygens (including phenoxy) is 1. The molecule has 0 aliphatic rings. The lowest BCUT2D eigenvalue weighted by Crippen LogP contribution is -2.24. The topological polar surface area (TPSA) is 89.0 Å². The summed E-state index contributed by atoms with van der Waals surface area (Å²) in [6, 6.07) is 9.08. The first-order chi connectivity index (χ1) is 12.0. The van der Waals surface area contributed by atoms with Crippen LogP contribution in [0.5, 0.6) is 5.75 Å². The molecule has 2 heterocycles. The monoisotopic (exact) mass is 342 g/mol. The van der Waals surface area contributed by atoms with Gasteiger partial charge in [-0.2, -0.15) is 0 Å². The van der Waals surface area contributed by atoms with Gasteiger partial charge in [0.15, 0.2) is 17.4 Å². The molecule has 0 atom stereocenters. The summed E-state index contributed by atoms with van der Waals surface area (Å²) in [5, 5.41) is 5.32. The molecule has 0 fully saturated rings. The van der Waals surface area contributed by atoms with Crippen molar-refractivity contribution in [2.45, 2.75) is 6.92 Å². The van der Waals surface area contributed by atoms with Crippen LogP contribution in [0.4, 0.5) is 10.1 Å². The van der Waals surface area contributed by atoms with Crippen molar-refractivity contribution in [3.8, 4) is 11.6 Å². The molecule has 0 saturated heterocycles. The molecule has 3 rings (SSSR count). The fourth-order valence-corrected chi connectivity index (χ4v) is 2.40. The van der Waals surface area contributed by atoms with Gasteiger partial charge in [0.25, 0.3) is 11.5 Å². The largest absolute Gasteiger partial charge is 0.494 e. The summed E-state index contributed by atoms with van der Waals surface area (Å²) in [5.41, 5.74) is -0.0145. The second-order valence-corrected chi connectivity index (χ2v) is 5.24. The number of amides is 1. The number of nitrogens with zero attached hydrogens (tertiary/aromatic N) is 2. The highest BCUT2D eigenvalue weighted by molar-refractivity contribution is 6.04. The number of aromatic nitrogens is 3. The zero-order valence-electron chi connectivity index (χ0n) is 13.5. The van der Waals surface area contributed by atoms with Crippen molar-refractivity contribution in [3.05, 3.63) is 70.0 Å². The Morgan fingerprint density at radius 3 is 2.76 bits per heavy atom. The van der Waals surface area contributed by atoms with E-state index in [0.717, 1.165) is 6.07 Å². The summed E-state index contributed by atoms with van der Waals surface area (Å²) < 4.78 is 19.7. The first-order valence-electron chi connectivity index (χ1n) is 7.39. The Hall–Kier alpha value is -3.42. The number of carbonyl (C=O) groups is 1. The maximum absolute atomic E-state index is 13.7. The minimum atomic E-state index is -0.641. The lowest BCUT2D eigenvalue weighted by atomic mass is 10.2. The number of H-pyrrole nitrogens is 1. The van der Waals surface area contributed by atoms with Gasteiger partial charge in [0.2, 0.25) is 0 Å². The molecule has 2 aromatic heterocycles. The summed E-state index contributed by atoms with van der Waals surface area (Å²) in [7, 11) is 1.35. The molecule has 0 spiro atoms. The molecule has 7 nitrogen and oxygen atoms in total. The SMILES string of the molecule is COc1ccc(NC(=O)c2c(C)[nH]n(-c3ccccn3)c2=O)cc1F. The molecule has 0 unspecified atom stereocenters. The van der Waals surface area contributed by atoms with Crippen molar-refractivity contribution < 1.29 is 13.9 Å². The number of aromatic amines is 1. The van der Waals surface area contributed by atoms with Gasteiger partial charge in [-0.05, 0) is 31.2 Å². The molecule has 3 aromatic rings. The first-order valence-corrected chi connectivity index (χ1v) is 7.39. The molecule has 0 saturated carbocycles. The molecular formula is C17H15FN4O3. The van der Waals surface area contributed by atoms with E-state index in [1.807, 2.05) is 0 Å². The van der Waals surface area contributed by atoms with Crippen LogP contribution in [0, 0.1) is 12.7 Å². The van der Waals surface area contributed by atoms with Crippen LogP contribution in [0.1, 0.15) is 16.1 Å². The first kappa shape index (κ1) is 16.4. The Morgan fingerprint density at radius 2 is 2.12 bits per heavy atom. The average Bonchev–Trinajstić information content (AvgIpc) is 2.90. The van der Waals surface area contributed by atoms with E-state index in [1.54, 1.807) is 25.1 Å². The zero-order valence-corrected chi connectivity index (χ0v) is 13.5. The van der Waals surface area contributed by atoms with Crippen LogP contribution in [0.25, 0.3) is 5.82 Å². The highest BCUT2D eigenvalue weighted by atomic mass is 19.1. The van der Waals surface area contributed by atoms with E-state index in [2.05, 4.69) is 15.4 Å². The van der Waals surface area contributed by atoms with Crippen molar-refractivity contribution in [1.29, 1.82) is 0 Å². The average molecular weight is 342 g/mol. The highest BCUT2D eigenvalue weighted by Crippen LogP contribution is 2.21. The molecular weight excluding hydrogens is 327 g/mol. The maximum Gasteiger partial charge on any atom is 0.285 e. The number of methoxy groups -OCH3 is 1. The minimum absolute atomic E-state index is 0.0633. The number of benzene rings is 1. The van der Waals surface area contributed by atoms with Gasteiger partial charge >= 0.3 is 0 Å². The Kier molecular flexibility index (Phi) is 4.34. The summed E-state index contributed by atoms with van der Waals surface area (Å²) in [6.45, 7) is 1.60. The predicted molar refractivity (Wildman–Crippen MR) is 89.8 cm³/mol. The quantitative estimate of drug-likeness (QED) is 0.761. The number of nitrogens with one attached hydrogen (secondary N) is 2. The van der Waals surface area contributed by atoms with Gasteiger partial charge < -0.3 is 10.1 Å². The molecule has 1 amide bonds. The van der Waals surface area contributed by atoms with Crippen molar-refractivity contribution in [1.82, 2.24) is 14.8 Å². The summed E-state index contributed by atoms with van der Waals surface area (Å²) in [4.78, 5) is 29.0. The lowest BCUT2D eigenvalue weighted by Gasteiger charge is -2.06. The summed E-state index contributed by atoms with van der Waals surface area (Å²) in [6.07, 6.45) is 1.54. The van der Waals surface area contributed by atoms with Crippen LogP contribution in [0.2, 0.25) is 0 Å². The van der Waals surface area contributed by atoms with E-state index in [4.69, 9.17) is 4.74 Å². The molecule has 128 valence electrons. The lowest BCUT2D eigenvalue weighted by molar-refractivity contribution is 0.102. The fraction of sp³-hybridized carbons (Fsp3) is 0.118. The van der Waals surface area contributed by atoms with Crippen LogP contribution < -0.4 is 15.6 Å². The predicted octanol–water partition coefficient (Wildman–Crippen LogP) is 2.27. The van der Waals surface area contributed by atoms with Gasteiger partial charge in [0, 0.05) is 23.6 Å². The summed E-state index contributed by atoms with van der Waals surface area (Å²) in [5.74, 6) is -0.826. The van der Waals surface area contributed by atoms with Gasteiger partial charge in [-0.3, -0.25) is 14.7 Å². The maximum atomic E-state index is 13.7. The molecule has 2 N–H and O–H groups in total. The van der Waals surface area contributed by atoms with Gasteiger partial charge in [0.05, 0.1) is 7.11 Å². The van der Waals surface area contributed by atoms with Crippen LogP contribution in [-0.2, 0) is 0 Å². The van der Waals surface area contributed by atoms with Gasteiger partial charge in [0.1, 0.15) is 5.56 Å². The molecule has 0 aliphatic heterocycles. The molecule has 0 radical (unpaired) electrons.